The van der Waals surface area contributed by atoms with E-state index in [4.69, 9.17) is 14.5 Å². The summed E-state index contributed by atoms with van der Waals surface area (Å²) >= 11 is 0. The van der Waals surface area contributed by atoms with E-state index in [1.165, 1.54) is 10.9 Å². The summed E-state index contributed by atoms with van der Waals surface area (Å²) < 4.78 is 12.7. The predicted octanol–water partition coefficient (Wildman–Crippen LogP) is 4.53. The van der Waals surface area contributed by atoms with Crippen LogP contribution < -0.4 is 4.74 Å². The van der Waals surface area contributed by atoms with Gasteiger partial charge in [0.1, 0.15) is 18.0 Å². The lowest BCUT2D eigenvalue weighted by molar-refractivity contribution is 0.146. The van der Waals surface area contributed by atoms with E-state index in [0.29, 0.717) is 13.2 Å². The smallest absolute Gasteiger partial charge is 0.140 e. The molecule has 0 saturated heterocycles. The quantitative estimate of drug-likeness (QED) is 0.454. The number of rotatable bonds is 7. The zero-order chi connectivity index (χ0) is 18.6. The number of ether oxygens (including phenoxy) is 2. The maximum Gasteiger partial charge on any atom is 0.140 e. The number of methoxy groups -OCH3 is 1. The summed E-state index contributed by atoms with van der Waals surface area (Å²) in [5.74, 6) is 0.786. The van der Waals surface area contributed by atoms with Crippen LogP contribution in [0.15, 0.2) is 54.9 Å². The summed E-state index contributed by atoms with van der Waals surface area (Å²) in [5, 5.41) is 1.17. The van der Waals surface area contributed by atoms with Gasteiger partial charge in [-0.1, -0.05) is 37.6 Å². The minimum Gasteiger partial charge on any atom is -0.491 e. The van der Waals surface area contributed by atoms with Gasteiger partial charge >= 0.3 is 0 Å². The number of pyridine rings is 2. The van der Waals surface area contributed by atoms with Gasteiger partial charge < -0.3 is 9.47 Å². The third-order valence-electron chi connectivity index (χ3n) is 4.63. The Kier molecular flexibility index (Phi) is 5.03. The largest absolute Gasteiger partial charge is 0.491 e. The molecule has 0 aliphatic heterocycles. The lowest BCUT2D eigenvalue weighted by atomic mass is 10.0. The summed E-state index contributed by atoms with van der Waals surface area (Å²) in [7, 11) is 1.66. The zero-order valence-corrected chi connectivity index (χ0v) is 15.7. The second-order valence-electron chi connectivity index (χ2n) is 6.51. The van der Waals surface area contributed by atoms with E-state index < -0.39 is 0 Å². The normalized spacial score (nSPS) is 11.3. The highest BCUT2D eigenvalue weighted by Gasteiger charge is 2.10. The van der Waals surface area contributed by atoms with Gasteiger partial charge in [-0.05, 0) is 24.1 Å². The molecule has 4 rings (SSSR count). The first-order valence-electron chi connectivity index (χ1n) is 9.28. The van der Waals surface area contributed by atoms with Crippen molar-refractivity contribution in [3.63, 3.8) is 0 Å². The summed E-state index contributed by atoms with van der Waals surface area (Å²) in [6.07, 6.45) is 5.98. The number of para-hydroxylation sites is 1. The van der Waals surface area contributed by atoms with Crippen LogP contribution in [0.5, 0.6) is 5.75 Å². The SMILES string of the molecule is CCCc1cccc2ccc(-c3cnc4cc(OCCOC)ccn34)nc12. The van der Waals surface area contributed by atoms with Gasteiger partial charge in [0.05, 0.1) is 29.7 Å². The van der Waals surface area contributed by atoms with E-state index in [9.17, 15) is 0 Å². The van der Waals surface area contributed by atoms with Crippen LogP contribution in [0.25, 0.3) is 27.9 Å². The van der Waals surface area contributed by atoms with Gasteiger partial charge in [0.2, 0.25) is 0 Å². The van der Waals surface area contributed by atoms with Gasteiger partial charge in [0, 0.05) is 24.8 Å². The fourth-order valence-corrected chi connectivity index (χ4v) is 3.31. The molecule has 0 aliphatic rings. The Hall–Kier alpha value is -2.92. The van der Waals surface area contributed by atoms with Crippen molar-refractivity contribution in [2.24, 2.45) is 0 Å². The predicted molar refractivity (Wildman–Crippen MR) is 107 cm³/mol. The van der Waals surface area contributed by atoms with Crippen molar-refractivity contribution < 1.29 is 9.47 Å². The molecule has 0 fully saturated rings. The zero-order valence-electron chi connectivity index (χ0n) is 15.7. The van der Waals surface area contributed by atoms with Crippen LogP contribution in [-0.2, 0) is 11.2 Å². The highest BCUT2D eigenvalue weighted by atomic mass is 16.5. The number of aryl methyl sites for hydroxylation is 1. The standard InChI is InChI=1S/C22H23N3O2/c1-3-5-16-6-4-7-17-8-9-19(24-22(16)17)20-15-23-21-14-18(10-11-25(20)21)27-13-12-26-2/h4,6-11,14-15H,3,5,12-13H2,1-2H3. The fraction of sp³-hybridized carbons (Fsp3) is 0.273. The van der Waals surface area contributed by atoms with Gasteiger partial charge in [0.25, 0.3) is 0 Å². The Morgan fingerprint density at radius 3 is 2.85 bits per heavy atom. The van der Waals surface area contributed by atoms with Crippen LogP contribution >= 0.6 is 0 Å². The third kappa shape index (κ3) is 3.51. The lowest BCUT2D eigenvalue weighted by Crippen LogP contribution is -2.04. The summed E-state index contributed by atoms with van der Waals surface area (Å²) in [5.41, 5.74) is 5.10. The Labute approximate surface area is 158 Å². The van der Waals surface area contributed by atoms with E-state index in [1.807, 2.05) is 28.9 Å². The minimum absolute atomic E-state index is 0.521. The number of benzene rings is 1. The molecule has 27 heavy (non-hydrogen) atoms. The number of hydrogen-bond acceptors (Lipinski definition) is 4. The average Bonchev–Trinajstić information content (AvgIpc) is 3.12. The first-order valence-corrected chi connectivity index (χ1v) is 9.28. The molecule has 138 valence electrons. The monoisotopic (exact) mass is 361 g/mol. The molecule has 0 spiro atoms. The van der Waals surface area contributed by atoms with Crippen molar-refractivity contribution in [1.82, 2.24) is 14.4 Å². The van der Waals surface area contributed by atoms with Crippen molar-refractivity contribution in [2.45, 2.75) is 19.8 Å². The van der Waals surface area contributed by atoms with Crippen LogP contribution in [0.4, 0.5) is 0 Å². The molecule has 1 aromatic carbocycles. The van der Waals surface area contributed by atoms with E-state index in [-0.39, 0.29) is 0 Å². The summed E-state index contributed by atoms with van der Waals surface area (Å²) in [4.78, 5) is 9.50. The minimum atomic E-state index is 0.521. The fourth-order valence-electron chi connectivity index (χ4n) is 3.31. The van der Waals surface area contributed by atoms with E-state index in [2.05, 4.69) is 42.2 Å². The average molecular weight is 361 g/mol. The number of nitrogens with zero attached hydrogens (tertiary/aromatic N) is 3. The molecule has 0 aliphatic carbocycles. The van der Waals surface area contributed by atoms with Gasteiger partial charge in [-0.2, -0.15) is 0 Å². The summed E-state index contributed by atoms with van der Waals surface area (Å²) in [6.45, 7) is 3.28. The molecular weight excluding hydrogens is 338 g/mol. The topological polar surface area (TPSA) is 48.7 Å². The summed E-state index contributed by atoms with van der Waals surface area (Å²) in [6, 6.07) is 14.5. The van der Waals surface area contributed by atoms with Gasteiger partial charge in [-0.15, -0.1) is 0 Å². The Balaban J connectivity index is 1.72. The Morgan fingerprint density at radius 2 is 2.00 bits per heavy atom. The molecule has 0 bridgehead atoms. The van der Waals surface area contributed by atoms with Crippen molar-refractivity contribution in [2.75, 3.05) is 20.3 Å². The lowest BCUT2D eigenvalue weighted by Gasteiger charge is -2.08. The molecule has 4 aromatic rings. The molecule has 0 radical (unpaired) electrons. The number of aromatic nitrogens is 3. The van der Waals surface area contributed by atoms with Crippen molar-refractivity contribution in [1.29, 1.82) is 0 Å². The second kappa shape index (κ2) is 7.76. The number of fused-ring (bicyclic) bond motifs is 2. The number of imidazole rings is 1. The van der Waals surface area contributed by atoms with Crippen LogP contribution in [0.3, 0.4) is 0 Å². The van der Waals surface area contributed by atoms with E-state index >= 15 is 0 Å². The van der Waals surface area contributed by atoms with Crippen molar-refractivity contribution in [3.05, 3.63) is 60.4 Å². The van der Waals surface area contributed by atoms with Crippen LogP contribution in [0.1, 0.15) is 18.9 Å². The third-order valence-corrected chi connectivity index (χ3v) is 4.63. The molecule has 0 unspecified atom stereocenters. The molecular formula is C22H23N3O2. The van der Waals surface area contributed by atoms with Crippen LogP contribution in [-0.4, -0.2) is 34.7 Å². The second-order valence-corrected chi connectivity index (χ2v) is 6.51. The molecule has 0 N–H and O–H groups in total. The van der Waals surface area contributed by atoms with E-state index in [0.717, 1.165) is 41.1 Å². The number of hydrogen-bond donors (Lipinski definition) is 0. The van der Waals surface area contributed by atoms with Gasteiger partial charge in [0.15, 0.2) is 0 Å². The van der Waals surface area contributed by atoms with Crippen LogP contribution in [0.2, 0.25) is 0 Å². The molecule has 0 atom stereocenters. The first-order chi connectivity index (χ1) is 13.3. The van der Waals surface area contributed by atoms with E-state index in [1.54, 1.807) is 7.11 Å². The highest BCUT2D eigenvalue weighted by Crippen LogP contribution is 2.26. The molecule has 5 nitrogen and oxygen atoms in total. The molecule has 0 saturated carbocycles. The Bertz CT molecular complexity index is 1070. The maximum absolute atomic E-state index is 5.68. The Morgan fingerprint density at radius 1 is 1.07 bits per heavy atom. The molecule has 0 amide bonds. The molecule has 5 heteroatoms. The van der Waals surface area contributed by atoms with Crippen molar-refractivity contribution >= 4 is 16.6 Å². The van der Waals surface area contributed by atoms with Crippen molar-refractivity contribution in [3.8, 4) is 17.1 Å². The molecule has 3 heterocycles. The maximum atomic E-state index is 5.68. The highest BCUT2D eigenvalue weighted by molar-refractivity contribution is 5.84. The molecule has 3 aromatic heterocycles. The van der Waals surface area contributed by atoms with Crippen LogP contribution in [0, 0.1) is 0 Å². The van der Waals surface area contributed by atoms with Gasteiger partial charge in [-0.3, -0.25) is 4.40 Å². The van der Waals surface area contributed by atoms with Gasteiger partial charge in [-0.25, -0.2) is 9.97 Å². The first kappa shape index (κ1) is 17.5.